The summed E-state index contributed by atoms with van der Waals surface area (Å²) in [5, 5.41) is 0. The van der Waals surface area contributed by atoms with Crippen molar-refractivity contribution in [3.8, 4) is 0 Å². The van der Waals surface area contributed by atoms with Crippen molar-refractivity contribution in [2.45, 2.75) is 35.1 Å². The molecule has 0 saturated heterocycles. The molecule has 0 aromatic heterocycles. The van der Waals surface area contributed by atoms with Gasteiger partial charge < -0.3 is 5.73 Å². The lowest BCUT2D eigenvalue weighted by Gasteiger charge is -2.12. The SMILES string of the molecule is CSc1cccc(Sc2ccc(C)c(C)c2)c1CN. The number of thioether (sulfide) groups is 1. The molecule has 3 heteroatoms. The minimum absolute atomic E-state index is 0.587. The van der Waals surface area contributed by atoms with Crippen LogP contribution in [0.4, 0.5) is 0 Å². The maximum absolute atomic E-state index is 5.91. The number of hydrogen-bond acceptors (Lipinski definition) is 3. The van der Waals surface area contributed by atoms with Gasteiger partial charge in [-0.3, -0.25) is 0 Å². The molecular formula is C16H19NS2. The molecule has 2 aromatic rings. The molecule has 0 fully saturated rings. The first-order chi connectivity index (χ1) is 9.15. The summed E-state index contributed by atoms with van der Waals surface area (Å²) in [5.74, 6) is 0. The average molecular weight is 289 g/mol. The highest BCUT2D eigenvalue weighted by atomic mass is 32.2. The molecule has 0 atom stereocenters. The molecule has 2 N–H and O–H groups in total. The van der Waals surface area contributed by atoms with E-state index in [0.29, 0.717) is 6.54 Å². The third-order valence-corrected chi connectivity index (χ3v) is 5.13. The number of nitrogens with two attached hydrogens (primary N) is 1. The van der Waals surface area contributed by atoms with Crippen LogP contribution in [0.1, 0.15) is 16.7 Å². The predicted octanol–water partition coefficient (Wildman–Crippen LogP) is 4.64. The van der Waals surface area contributed by atoms with Gasteiger partial charge in [0.25, 0.3) is 0 Å². The Bertz CT molecular complexity index is 579. The fraction of sp³-hybridized carbons (Fsp3) is 0.250. The van der Waals surface area contributed by atoms with E-state index >= 15 is 0 Å². The maximum atomic E-state index is 5.91. The van der Waals surface area contributed by atoms with E-state index in [0.717, 1.165) is 0 Å². The molecule has 19 heavy (non-hydrogen) atoms. The molecular weight excluding hydrogens is 270 g/mol. The summed E-state index contributed by atoms with van der Waals surface area (Å²) in [4.78, 5) is 3.81. The number of aryl methyl sites for hydroxylation is 2. The van der Waals surface area contributed by atoms with Gasteiger partial charge in [0.1, 0.15) is 0 Å². The van der Waals surface area contributed by atoms with E-state index in [2.05, 4.69) is 56.5 Å². The summed E-state index contributed by atoms with van der Waals surface area (Å²) in [7, 11) is 0. The standard InChI is InChI=1S/C16H19NS2/c1-11-7-8-13(9-12(11)2)19-16-6-4-5-15(18-3)14(16)10-17/h4-9H,10,17H2,1-3H3. The molecule has 0 bridgehead atoms. The fourth-order valence-electron chi connectivity index (χ4n) is 1.94. The molecule has 0 saturated carbocycles. The van der Waals surface area contributed by atoms with Gasteiger partial charge in [-0.1, -0.05) is 23.9 Å². The van der Waals surface area contributed by atoms with Gasteiger partial charge in [-0.2, -0.15) is 0 Å². The van der Waals surface area contributed by atoms with Gasteiger partial charge >= 0.3 is 0 Å². The Morgan fingerprint density at radius 1 is 1.00 bits per heavy atom. The number of benzene rings is 2. The van der Waals surface area contributed by atoms with Crippen molar-refractivity contribution < 1.29 is 0 Å². The molecule has 0 spiro atoms. The summed E-state index contributed by atoms with van der Waals surface area (Å²) in [6.45, 7) is 4.88. The zero-order valence-electron chi connectivity index (χ0n) is 11.6. The molecule has 0 aliphatic heterocycles. The molecule has 0 amide bonds. The van der Waals surface area contributed by atoms with Gasteiger partial charge in [0.15, 0.2) is 0 Å². The highest BCUT2D eigenvalue weighted by Gasteiger charge is 2.08. The van der Waals surface area contributed by atoms with Crippen LogP contribution in [-0.2, 0) is 6.54 Å². The van der Waals surface area contributed by atoms with Gasteiger partial charge in [-0.15, -0.1) is 11.8 Å². The van der Waals surface area contributed by atoms with Crippen LogP contribution in [0.15, 0.2) is 51.1 Å². The zero-order valence-corrected chi connectivity index (χ0v) is 13.2. The second kappa shape index (κ2) is 6.51. The van der Waals surface area contributed by atoms with E-state index in [1.165, 1.54) is 31.4 Å². The van der Waals surface area contributed by atoms with Crippen molar-refractivity contribution >= 4 is 23.5 Å². The van der Waals surface area contributed by atoms with E-state index in [9.17, 15) is 0 Å². The summed E-state index contributed by atoms with van der Waals surface area (Å²) in [5.41, 5.74) is 9.82. The van der Waals surface area contributed by atoms with Crippen LogP contribution in [0.5, 0.6) is 0 Å². The van der Waals surface area contributed by atoms with E-state index in [1.807, 2.05) is 0 Å². The molecule has 0 heterocycles. The van der Waals surface area contributed by atoms with Crippen LogP contribution in [0, 0.1) is 13.8 Å². The molecule has 0 aliphatic rings. The Kier molecular flexibility index (Phi) is 4.97. The first-order valence-corrected chi connectivity index (χ1v) is 8.31. The lowest BCUT2D eigenvalue weighted by Crippen LogP contribution is -2.00. The highest BCUT2D eigenvalue weighted by Crippen LogP contribution is 2.35. The van der Waals surface area contributed by atoms with Crippen LogP contribution in [0.2, 0.25) is 0 Å². The molecule has 0 aliphatic carbocycles. The molecule has 100 valence electrons. The van der Waals surface area contributed by atoms with Gasteiger partial charge in [0, 0.05) is 21.2 Å². The van der Waals surface area contributed by atoms with Crippen molar-refractivity contribution in [3.05, 3.63) is 53.1 Å². The van der Waals surface area contributed by atoms with Crippen LogP contribution in [0.3, 0.4) is 0 Å². The van der Waals surface area contributed by atoms with Crippen molar-refractivity contribution in [2.24, 2.45) is 5.73 Å². The highest BCUT2D eigenvalue weighted by molar-refractivity contribution is 8.00. The van der Waals surface area contributed by atoms with Crippen molar-refractivity contribution in [2.75, 3.05) is 6.26 Å². The van der Waals surface area contributed by atoms with Crippen molar-refractivity contribution in [3.63, 3.8) is 0 Å². The lowest BCUT2D eigenvalue weighted by molar-refractivity contribution is 0.981. The Labute approximate surface area is 124 Å². The van der Waals surface area contributed by atoms with E-state index in [1.54, 1.807) is 23.5 Å². The Hall–Kier alpha value is -0.900. The summed E-state index contributed by atoms with van der Waals surface area (Å²) < 4.78 is 0. The molecule has 0 unspecified atom stereocenters. The first kappa shape index (κ1) is 14.5. The average Bonchev–Trinajstić information content (AvgIpc) is 2.42. The molecule has 2 aromatic carbocycles. The van der Waals surface area contributed by atoms with Crippen LogP contribution < -0.4 is 5.73 Å². The topological polar surface area (TPSA) is 26.0 Å². The lowest BCUT2D eigenvalue weighted by atomic mass is 10.1. The quantitative estimate of drug-likeness (QED) is 0.831. The van der Waals surface area contributed by atoms with Gasteiger partial charge in [-0.25, -0.2) is 0 Å². The predicted molar refractivity (Wildman–Crippen MR) is 86.2 cm³/mol. The number of rotatable bonds is 4. The minimum atomic E-state index is 0.587. The summed E-state index contributed by atoms with van der Waals surface area (Å²) >= 11 is 3.55. The fourth-order valence-corrected chi connectivity index (χ4v) is 3.75. The number of hydrogen-bond donors (Lipinski definition) is 1. The molecule has 2 rings (SSSR count). The second-order valence-corrected chi connectivity index (χ2v) is 6.45. The smallest absolute Gasteiger partial charge is 0.0200 e. The minimum Gasteiger partial charge on any atom is -0.326 e. The second-order valence-electron chi connectivity index (χ2n) is 4.49. The van der Waals surface area contributed by atoms with E-state index in [4.69, 9.17) is 5.73 Å². The van der Waals surface area contributed by atoms with Crippen molar-refractivity contribution in [1.29, 1.82) is 0 Å². The first-order valence-electron chi connectivity index (χ1n) is 6.26. The third kappa shape index (κ3) is 3.35. The summed E-state index contributed by atoms with van der Waals surface area (Å²) in [6.07, 6.45) is 2.10. The Balaban J connectivity index is 2.35. The Morgan fingerprint density at radius 3 is 2.37 bits per heavy atom. The largest absolute Gasteiger partial charge is 0.326 e. The van der Waals surface area contributed by atoms with Crippen molar-refractivity contribution in [1.82, 2.24) is 0 Å². The monoisotopic (exact) mass is 289 g/mol. The van der Waals surface area contributed by atoms with Crippen LogP contribution in [0.25, 0.3) is 0 Å². The van der Waals surface area contributed by atoms with Crippen LogP contribution in [-0.4, -0.2) is 6.26 Å². The molecule has 0 radical (unpaired) electrons. The van der Waals surface area contributed by atoms with Gasteiger partial charge in [-0.05, 0) is 61.1 Å². The van der Waals surface area contributed by atoms with E-state index < -0.39 is 0 Å². The van der Waals surface area contributed by atoms with Gasteiger partial charge in [0.2, 0.25) is 0 Å². The van der Waals surface area contributed by atoms with Gasteiger partial charge in [0.05, 0.1) is 0 Å². The van der Waals surface area contributed by atoms with E-state index in [-0.39, 0.29) is 0 Å². The Morgan fingerprint density at radius 2 is 1.74 bits per heavy atom. The molecule has 1 nitrogen and oxygen atoms in total. The third-order valence-electron chi connectivity index (χ3n) is 3.22. The summed E-state index contributed by atoms with van der Waals surface area (Å²) in [6, 6.07) is 13.0. The normalized spacial score (nSPS) is 10.7. The van der Waals surface area contributed by atoms with Crippen LogP contribution >= 0.6 is 23.5 Å². The maximum Gasteiger partial charge on any atom is 0.0200 e. The zero-order chi connectivity index (χ0) is 13.8.